The number of carboxylic acid groups (broad SMARTS) is 1. The molecule has 4 saturated carbocycles. The maximum absolute atomic E-state index is 14.5. The number of aromatic nitrogens is 24. The fourth-order valence-electron chi connectivity index (χ4n) is 17.2. The van der Waals surface area contributed by atoms with E-state index in [0.717, 1.165) is 159 Å². The van der Waals surface area contributed by atoms with Gasteiger partial charge in [-0.05, 0) is 198 Å². The highest BCUT2D eigenvalue weighted by molar-refractivity contribution is 9.10. The number of nitrogens with zero attached hydrogens (tertiary/aromatic N) is 27. The number of carbonyl (C=O) groups is 4. The van der Waals surface area contributed by atoms with Gasteiger partial charge in [0.1, 0.15) is 27.9 Å². The van der Waals surface area contributed by atoms with E-state index in [1.54, 1.807) is 53.8 Å². The number of hydrogen-bond acceptors (Lipinski definition) is 29. The number of aromatic carboxylic acids is 1. The largest absolute Gasteiger partial charge is 0.476 e. The molecule has 24 rings (SSSR count). The van der Waals surface area contributed by atoms with Crippen molar-refractivity contribution in [1.29, 1.82) is 0 Å². The molecule has 4 aliphatic carbocycles. The van der Waals surface area contributed by atoms with Gasteiger partial charge in [-0.1, -0.05) is 44.1 Å². The SMILES string of the molecule is C1COCCN1.CC(C)(C)OC(=O)c1cn(Cc2cn3cc(C4CC4)cc(Br)c3n2)nn1.CC(C)(C)OC(=O)c1cn(Cc2cn3cc(C4CC4)cc(N4CCOCC4)c3n2)nn1.NCc1ncn2ccc(Cl)c(F)c12.O=C(CCc1ncn2ccc(Cl)c(F)c12)c1cn(Cc2cn3cc(C4CC4)cc(N4CCOCC4)c3n2)nn1.O=C(O)c1cn(Cc2cn3cc(C4CC4)cc(N4CCOCC4)c3n2)nn1. The number of halogens is 5. The van der Waals surface area contributed by atoms with Crippen molar-refractivity contribution in [2.24, 2.45) is 5.73 Å². The standard InChI is InChI=1S/C27H26ClFN8O2.C22H28N6O3.C18H20BrN5O2.C18H20N6O3.C8H7ClFN3.C4H9NO/c28-20-5-6-35-16-30-21(26(35)25(20)29)3-4-24(38)22-15-37(33-32-22)14-19-13-36-12-18(17-1-2-17)11-23(27(36)31-19)34-7-9-39-10-8-34;1-22(2,3)31-21(29)18-14-28(25-24-18)13-17-12-27-11-16(15-4-5-15)10-19(20(27)23-17)26-6-8-30-9-7-26;1-18(2,3)26-17(25)15-10-24(22-21-15)9-13-8-23-7-12(11-4-5-11)6-14(19)16(23)20-13;25-18(26)15-11-24(21-20-15)10-14-9-23-8-13(12-1-2-12)7-16(17(23)19-14)22-3-5-27-6-4-22;9-5-1-2-13-4-12-6(3-11)8(13)7(5)10;1-3-6-4-2-5-1/h5-6,11-13,15-17H,1-4,7-10,14H2;10-12,14-15H,4-9,13H2,1-3H3;6-8,10-11H,4-5,9H2,1-3H3;7-9,11-12H,1-6,10H2,(H,25,26);1-2,4H,3,11H2;5H,1-4H2. The Morgan fingerprint density at radius 2 is 0.782 bits per heavy atom. The Kier molecular flexibility index (Phi) is 29.3. The molecule has 0 spiro atoms. The Labute approximate surface area is 831 Å². The molecule has 142 heavy (non-hydrogen) atoms. The summed E-state index contributed by atoms with van der Waals surface area (Å²) in [4.78, 5) is 82.6. The van der Waals surface area contributed by atoms with E-state index in [1.807, 2.05) is 70.7 Å². The van der Waals surface area contributed by atoms with Crippen molar-refractivity contribution < 1.29 is 61.5 Å². The lowest BCUT2D eigenvalue weighted by Gasteiger charge is -2.29. The predicted molar refractivity (Wildman–Crippen MR) is 524 cm³/mol. The highest BCUT2D eigenvalue weighted by Crippen LogP contribution is 2.46. The number of nitrogens with one attached hydrogen (secondary N) is 1. The molecule has 45 heteroatoms. The lowest BCUT2D eigenvalue weighted by atomic mass is 10.1. The van der Waals surface area contributed by atoms with Crippen LogP contribution >= 0.6 is 39.1 Å². The quantitative estimate of drug-likeness (QED) is 0.0395. The monoisotopic (exact) mass is 2040 g/mol. The number of ketones is 1. The summed E-state index contributed by atoms with van der Waals surface area (Å²) in [7, 11) is 0. The first kappa shape index (κ1) is 97.7. The first-order valence-electron chi connectivity index (χ1n) is 47.7. The van der Waals surface area contributed by atoms with Crippen LogP contribution in [0, 0.1) is 11.6 Å². The molecule has 4 N–H and O–H groups in total. The van der Waals surface area contributed by atoms with Gasteiger partial charge in [-0.25, -0.2) is 71.8 Å². The van der Waals surface area contributed by atoms with Crippen molar-refractivity contribution >= 4 is 114 Å². The summed E-state index contributed by atoms with van der Waals surface area (Å²) in [6, 6.07) is 12.0. The molecule has 0 aromatic carbocycles. The number of anilines is 3. The number of nitrogens with two attached hydrogens (primary N) is 1. The van der Waals surface area contributed by atoms with Crippen molar-refractivity contribution in [1.82, 2.24) is 122 Å². The van der Waals surface area contributed by atoms with Crippen LogP contribution in [0.5, 0.6) is 0 Å². The van der Waals surface area contributed by atoms with E-state index in [4.69, 9.17) is 77.4 Å². The van der Waals surface area contributed by atoms with E-state index in [1.165, 1.54) is 109 Å². The molecule has 4 aliphatic heterocycles. The van der Waals surface area contributed by atoms with Gasteiger partial charge in [-0.3, -0.25) is 4.79 Å². The lowest BCUT2D eigenvalue weighted by molar-refractivity contribution is 0.00503. The third-order valence-electron chi connectivity index (χ3n) is 24.8. The number of fused-ring (bicyclic) bond motifs is 6. The maximum atomic E-state index is 14.5. The molecule has 0 unspecified atom stereocenters. The van der Waals surface area contributed by atoms with Gasteiger partial charge in [0, 0.05) is 127 Å². The molecule has 0 atom stereocenters. The Morgan fingerprint density at radius 3 is 1.13 bits per heavy atom. The molecule has 16 aromatic rings. The highest BCUT2D eigenvalue weighted by atomic mass is 79.9. The van der Waals surface area contributed by atoms with Crippen LogP contribution in [-0.4, -0.2) is 261 Å². The van der Waals surface area contributed by atoms with E-state index in [-0.39, 0.29) is 63.5 Å². The fraction of sp³-hybridized carbons (Fsp3) is 0.443. The number of imidazole rings is 6. The molecule has 16 aromatic heterocycles. The minimum Gasteiger partial charge on any atom is -0.476 e. The van der Waals surface area contributed by atoms with E-state index < -0.39 is 40.7 Å². The van der Waals surface area contributed by atoms with Gasteiger partial charge >= 0.3 is 17.9 Å². The fourth-order valence-corrected chi connectivity index (χ4v) is 18.0. The Balaban J connectivity index is 0.000000114. The van der Waals surface area contributed by atoms with Gasteiger partial charge in [-0.2, -0.15) is 0 Å². The minimum atomic E-state index is -1.08. The summed E-state index contributed by atoms with van der Waals surface area (Å²) in [5.74, 6) is -0.641. The number of morpholine rings is 4. The predicted octanol–water partition coefficient (Wildman–Crippen LogP) is 12.7. The van der Waals surface area contributed by atoms with Crippen LogP contribution in [0.4, 0.5) is 25.8 Å². The second kappa shape index (κ2) is 42.6. The van der Waals surface area contributed by atoms with Gasteiger partial charge in [0.05, 0.1) is 182 Å². The summed E-state index contributed by atoms with van der Waals surface area (Å²) < 4.78 is 79.0. The number of pyridine rings is 6. The average molecular weight is 2050 g/mol. The second-order valence-corrected chi connectivity index (χ2v) is 39.9. The average Bonchev–Trinajstić information content (AvgIpc) is 1.61. The van der Waals surface area contributed by atoms with Crippen molar-refractivity contribution in [3.63, 3.8) is 0 Å². The third kappa shape index (κ3) is 23.9. The Bertz CT molecular complexity index is 7240. The summed E-state index contributed by atoms with van der Waals surface area (Å²) in [6.07, 6.45) is 39.6. The summed E-state index contributed by atoms with van der Waals surface area (Å²) in [5.41, 5.74) is 22.3. The lowest BCUT2D eigenvalue weighted by Crippen LogP contribution is -2.36. The maximum Gasteiger partial charge on any atom is 0.361 e. The second-order valence-electron chi connectivity index (χ2n) is 38.2. The molecule has 4 saturated heterocycles. The number of Topliss-reactive ketones (excluding diaryl/α,β-unsaturated/α-hetero) is 1. The molecule has 40 nitrogen and oxygen atoms in total. The van der Waals surface area contributed by atoms with E-state index in [9.17, 15) is 28.0 Å². The van der Waals surface area contributed by atoms with Crippen molar-refractivity contribution in [3.8, 4) is 0 Å². The molecular weight excluding hydrogens is 1940 g/mol. The first-order chi connectivity index (χ1) is 68.6. The van der Waals surface area contributed by atoms with Crippen LogP contribution in [0.3, 0.4) is 0 Å². The normalized spacial score (nSPS) is 16.2. The van der Waals surface area contributed by atoms with Gasteiger partial charge < -0.3 is 85.7 Å². The number of rotatable bonds is 23. The zero-order valence-electron chi connectivity index (χ0n) is 79.5. The van der Waals surface area contributed by atoms with Crippen LogP contribution in [0.15, 0.2) is 140 Å². The Hall–Kier alpha value is -13.1. The van der Waals surface area contributed by atoms with E-state index >= 15 is 0 Å². The van der Waals surface area contributed by atoms with Crippen LogP contribution in [0.25, 0.3) is 33.6 Å². The molecule has 744 valence electrons. The minimum absolute atomic E-state index is 0.0197. The smallest absolute Gasteiger partial charge is 0.361 e. The van der Waals surface area contributed by atoms with Gasteiger partial charge in [0.15, 0.2) is 57.1 Å². The van der Waals surface area contributed by atoms with Gasteiger partial charge in [0.2, 0.25) is 0 Å². The first-order valence-corrected chi connectivity index (χ1v) is 49.2. The van der Waals surface area contributed by atoms with E-state index in [2.05, 4.69) is 154 Å². The van der Waals surface area contributed by atoms with Crippen molar-refractivity contribution in [2.45, 2.75) is 173 Å². The summed E-state index contributed by atoms with van der Waals surface area (Å²) in [6.45, 7) is 26.1. The molecule has 20 heterocycles. The zero-order valence-corrected chi connectivity index (χ0v) is 82.6. The van der Waals surface area contributed by atoms with Crippen molar-refractivity contribution in [2.75, 3.05) is 120 Å². The van der Waals surface area contributed by atoms with Gasteiger partial charge in [0.25, 0.3) is 0 Å². The zero-order chi connectivity index (χ0) is 98.6. The molecule has 0 radical (unpaired) electrons. The molecular formula is C97H110BrCl2F2N29O11. The van der Waals surface area contributed by atoms with Crippen LogP contribution in [0.1, 0.15) is 221 Å². The van der Waals surface area contributed by atoms with Crippen LogP contribution in [0.2, 0.25) is 10.0 Å². The molecule has 8 fully saturated rings. The number of carbonyl (C=O) groups excluding carboxylic acids is 3. The summed E-state index contributed by atoms with van der Waals surface area (Å²) >= 11 is 15.2. The highest BCUT2D eigenvalue weighted by Gasteiger charge is 2.33. The van der Waals surface area contributed by atoms with Crippen LogP contribution in [-0.2, 0) is 67.6 Å². The Morgan fingerprint density at radius 1 is 0.451 bits per heavy atom. The number of esters is 2. The topological polar surface area (TPSA) is 418 Å². The summed E-state index contributed by atoms with van der Waals surface area (Å²) in [5, 5.41) is 44.0. The van der Waals surface area contributed by atoms with Crippen molar-refractivity contribution in [3.05, 3.63) is 241 Å². The molecule has 0 amide bonds. The number of hydrogen-bond donors (Lipinski definition) is 3. The number of aryl methyl sites for hydroxylation is 1. The molecule has 0 bridgehead atoms. The third-order valence-corrected chi connectivity index (χ3v) is 25.9. The molecule has 8 aliphatic rings. The number of carboxylic acids is 1. The number of ether oxygens (including phenoxy) is 6. The van der Waals surface area contributed by atoms with Crippen LogP contribution < -0.4 is 25.8 Å². The van der Waals surface area contributed by atoms with E-state index in [0.29, 0.717) is 80.0 Å². The van der Waals surface area contributed by atoms with Gasteiger partial charge in [-0.15, -0.1) is 20.4 Å².